The standard InChI is InChI=1S/C23H15Br2N5O2S3/c24-15-7-3-1-5-13(15)19(31)28-21(33)26-12-9-10-17-18(11-12)35-23(27-17)30-22(34)29-20(32)14-6-2-4-8-16(14)25/h1-11H,(H2,26,28,31,33)(H2,27,29,30,32,34). The lowest BCUT2D eigenvalue weighted by atomic mass is 10.2. The fourth-order valence-electron chi connectivity index (χ4n) is 2.98. The van der Waals surface area contributed by atoms with Crippen molar-refractivity contribution in [2.75, 3.05) is 10.6 Å². The Morgan fingerprint density at radius 3 is 1.89 bits per heavy atom. The molecule has 35 heavy (non-hydrogen) atoms. The number of amides is 2. The lowest BCUT2D eigenvalue weighted by molar-refractivity contribution is 0.0968. The monoisotopic (exact) mass is 647 g/mol. The van der Waals surface area contributed by atoms with Gasteiger partial charge in [-0.1, -0.05) is 35.6 Å². The van der Waals surface area contributed by atoms with Gasteiger partial charge in [0.2, 0.25) is 0 Å². The van der Waals surface area contributed by atoms with Crippen molar-refractivity contribution in [1.29, 1.82) is 0 Å². The molecule has 0 unspecified atom stereocenters. The highest BCUT2D eigenvalue weighted by atomic mass is 79.9. The minimum Gasteiger partial charge on any atom is -0.332 e. The van der Waals surface area contributed by atoms with E-state index in [1.807, 2.05) is 24.3 Å². The molecule has 0 aliphatic rings. The molecule has 0 saturated heterocycles. The molecule has 0 spiro atoms. The second-order valence-electron chi connectivity index (χ2n) is 6.98. The Morgan fingerprint density at radius 1 is 0.771 bits per heavy atom. The number of benzene rings is 3. The molecule has 3 aromatic carbocycles. The maximum Gasteiger partial charge on any atom is 0.258 e. The van der Waals surface area contributed by atoms with Crippen LogP contribution in [-0.4, -0.2) is 27.0 Å². The second-order valence-corrected chi connectivity index (χ2v) is 10.5. The number of halogens is 2. The van der Waals surface area contributed by atoms with Crippen LogP contribution in [0.1, 0.15) is 20.7 Å². The number of fused-ring (bicyclic) bond motifs is 1. The number of thiazole rings is 1. The van der Waals surface area contributed by atoms with E-state index in [-0.39, 0.29) is 22.0 Å². The zero-order valence-electron chi connectivity index (χ0n) is 17.6. The Labute approximate surface area is 232 Å². The number of carbonyl (C=O) groups excluding carboxylic acids is 2. The molecule has 0 saturated carbocycles. The lowest BCUT2D eigenvalue weighted by Gasteiger charge is -2.10. The van der Waals surface area contributed by atoms with Crippen LogP contribution in [-0.2, 0) is 0 Å². The van der Waals surface area contributed by atoms with Crippen LogP contribution in [0.2, 0.25) is 0 Å². The zero-order chi connectivity index (χ0) is 24.9. The first-order valence-corrected chi connectivity index (χ1v) is 13.2. The summed E-state index contributed by atoms with van der Waals surface area (Å²) in [5.41, 5.74) is 2.38. The van der Waals surface area contributed by atoms with Crippen LogP contribution in [0.15, 0.2) is 75.7 Å². The summed E-state index contributed by atoms with van der Waals surface area (Å²) < 4.78 is 2.21. The predicted molar refractivity (Wildman–Crippen MR) is 155 cm³/mol. The van der Waals surface area contributed by atoms with Gasteiger partial charge in [0.25, 0.3) is 11.8 Å². The molecule has 4 N–H and O–H groups in total. The van der Waals surface area contributed by atoms with Gasteiger partial charge in [0, 0.05) is 14.6 Å². The molecule has 0 aliphatic carbocycles. The van der Waals surface area contributed by atoms with Crippen molar-refractivity contribution in [1.82, 2.24) is 15.6 Å². The number of rotatable bonds is 4. The number of hydrogen-bond acceptors (Lipinski definition) is 6. The van der Waals surface area contributed by atoms with Gasteiger partial charge >= 0.3 is 0 Å². The predicted octanol–water partition coefficient (Wildman–Crippen LogP) is 6.07. The van der Waals surface area contributed by atoms with Crippen LogP contribution in [0.25, 0.3) is 10.2 Å². The van der Waals surface area contributed by atoms with Gasteiger partial charge in [-0.25, -0.2) is 4.98 Å². The Bertz CT molecular complexity index is 1400. The number of nitrogens with zero attached hydrogens (tertiary/aromatic N) is 1. The van der Waals surface area contributed by atoms with Crippen molar-refractivity contribution in [3.8, 4) is 0 Å². The van der Waals surface area contributed by atoms with E-state index < -0.39 is 0 Å². The highest BCUT2D eigenvalue weighted by Crippen LogP contribution is 2.28. The van der Waals surface area contributed by atoms with Crippen molar-refractivity contribution in [2.24, 2.45) is 0 Å². The molecule has 4 aromatic rings. The maximum atomic E-state index is 12.4. The Kier molecular flexibility index (Phi) is 8.19. The molecule has 1 aromatic heterocycles. The highest BCUT2D eigenvalue weighted by Gasteiger charge is 2.14. The Hall–Kier alpha value is -2.77. The molecule has 1 heterocycles. The number of carbonyl (C=O) groups is 2. The Morgan fingerprint density at radius 2 is 1.31 bits per heavy atom. The van der Waals surface area contributed by atoms with Crippen LogP contribution in [0, 0.1) is 0 Å². The van der Waals surface area contributed by atoms with E-state index >= 15 is 0 Å². The summed E-state index contributed by atoms with van der Waals surface area (Å²) in [6, 6.07) is 19.6. The van der Waals surface area contributed by atoms with Crippen molar-refractivity contribution in [2.45, 2.75) is 0 Å². The summed E-state index contributed by atoms with van der Waals surface area (Å²) in [5, 5.41) is 12.1. The molecule has 2 amide bonds. The van der Waals surface area contributed by atoms with Gasteiger partial charge in [-0.3, -0.25) is 20.2 Å². The summed E-state index contributed by atoms with van der Waals surface area (Å²) in [5.74, 6) is -0.654. The molecular weight excluding hydrogens is 634 g/mol. The minimum atomic E-state index is -0.333. The summed E-state index contributed by atoms with van der Waals surface area (Å²) in [7, 11) is 0. The third kappa shape index (κ3) is 6.47. The summed E-state index contributed by atoms with van der Waals surface area (Å²) in [6.45, 7) is 0. The Balaban J connectivity index is 1.38. The SMILES string of the molecule is O=C(NC(=S)Nc1ccc2nc(NC(=S)NC(=O)c3ccccc3Br)sc2c1)c1ccccc1Br. The van der Waals surface area contributed by atoms with Crippen molar-refractivity contribution < 1.29 is 9.59 Å². The fourth-order valence-corrected chi connectivity index (χ4v) is 5.28. The largest absolute Gasteiger partial charge is 0.332 e. The van der Waals surface area contributed by atoms with E-state index in [9.17, 15) is 9.59 Å². The highest BCUT2D eigenvalue weighted by molar-refractivity contribution is 9.10. The van der Waals surface area contributed by atoms with Crippen molar-refractivity contribution in [3.05, 3.63) is 86.8 Å². The smallest absolute Gasteiger partial charge is 0.258 e. The average Bonchev–Trinajstić information content (AvgIpc) is 3.20. The quantitative estimate of drug-likeness (QED) is 0.199. The van der Waals surface area contributed by atoms with Crippen LogP contribution < -0.4 is 21.3 Å². The van der Waals surface area contributed by atoms with E-state index in [0.29, 0.717) is 30.9 Å². The van der Waals surface area contributed by atoms with Gasteiger partial charge in [-0.2, -0.15) is 0 Å². The van der Waals surface area contributed by atoms with E-state index in [4.69, 9.17) is 24.4 Å². The first kappa shape index (κ1) is 25.3. The van der Waals surface area contributed by atoms with Crippen LogP contribution >= 0.6 is 67.6 Å². The molecule has 4 rings (SSSR count). The van der Waals surface area contributed by atoms with Gasteiger partial charge < -0.3 is 10.6 Å². The minimum absolute atomic E-state index is 0.138. The third-order valence-corrected chi connectivity index (χ3v) is 7.28. The zero-order valence-corrected chi connectivity index (χ0v) is 23.2. The van der Waals surface area contributed by atoms with Crippen LogP contribution in [0.5, 0.6) is 0 Å². The molecule has 7 nitrogen and oxygen atoms in total. The van der Waals surface area contributed by atoms with Crippen LogP contribution in [0.4, 0.5) is 10.8 Å². The third-order valence-electron chi connectivity index (χ3n) is 4.56. The molecule has 176 valence electrons. The van der Waals surface area contributed by atoms with E-state index in [1.54, 1.807) is 42.5 Å². The summed E-state index contributed by atoms with van der Waals surface area (Å²) >= 11 is 18.6. The molecule has 0 fully saturated rings. The molecule has 0 aliphatic heterocycles. The summed E-state index contributed by atoms with van der Waals surface area (Å²) in [6.07, 6.45) is 0. The van der Waals surface area contributed by atoms with E-state index in [0.717, 1.165) is 10.2 Å². The van der Waals surface area contributed by atoms with Gasteiger partial charge in [0.15, 0.2) is 15.4 Å². The molecule has 12 heteroatoms. The van der Waals surface area contributed by atoms with Gasteiger partial charge in [0.1, 0.15) is 0 Å². The van der Waals surface area contributed by atoms with Gasteiger partial charge in [-0.15, -0.1) is 0 Å². The normalized spacial score (nSPS) is 10.5. The molecular formula is C23H15Br2N5O2S3. The van der Waals surface area contributed by atoms with Crippen molar-refractivity contribution in [3.63, 3.8) is 0 Å². The number of anilines is 2. The van der Waals surface area contributed by atoms with Crippen molar-refractivity contribution >= 4 is 111 Å². The maximum absolute atomic E-state index is 12.4. The summed E-state index contributed by atoms with van der Waals surface area (Å²) in [4.78, 5) is 29.4. The first-order valence-electron chi connectivity index (χ1n) is 9.94. The number of hydrogen-bond donors (Lipinski definition) is 4. The number of thiocarbonyl (C=S) groups is 2. The van der Waals surface area contributed by atoms with E-state index in [1.165, 1.54) is 11.3 Å². The van der Waals surface area contributed by atoms with Crippen LogP contribution in [0.3, 0.4) is 0 Å². The lowest BCUT2D eigenvalue weighted by Crippen LogP contribution is -2.34. The molecule has 0 radical (unpaired) electrons. The number of aromatic nitrogens is 1. The first-order chi connectivity index (χ1) is 16.8. The van der Waals surface area contributed by atoms with Gasteiger partial charge in [-0.05, 0) is 98.8 Å². The number of nitrogens with one attached hydrogen (secondary N) is 4. The molecule has 0 bridgehead atoms. The van der Waals surface area contributed by atoms with E-state index in [2.05, 4.69) is 58.1 Å². The topological polar surface area (TPSA) is 95.2 Å². The van der Waals surface area contributed by atoms with Gasteiger partial charge in [0.05, 0.1) is 21.3 Å². The fraction of sp³-hybridized carbons (Fsp3) is 0. The molecule has 0 atom stereocenters. The second kappa shape index (κ2) is 11.3. The average molecular weight is 649 g/mol.